The summed E-state index contributed by atoms with van der Waals surface area (Å²) in [5.41, 5.74) is 0.715. The summed E-state index contributed by atoms with van der Waals surface area (Å²) in [6, 6.07) is 11.0. The number of nitrogens with zero attached hydrogens (tertiary/aromatic N) is 1. The Labute approximate surface area is 152 Å². The van der Waals surface area contributed by atoms with Gasteiger partial charge in [0, 0.05) is 30.4 Å². The van der Waals surface area contributed by atoms with Crippen molar-refractivity contribution < 1.29 is 17.9 Å². The zero-order valence-corrected chi connectivity index (χ0v) is 15.7. The molecular weight excluding hydrogens is 364 g/mol. The summed E-state index contributed by atoms with van der Waals surface area (Å²) in [5, 5.41) is 3.11. The molecule has 0 atom stereocenters. The monoisotopic (exact) mass is 382 g/mol. The van der Waals surface area contributed by atoms with Gasteiger partial charge in [-0.3, -0.25) is 4.79 Å². The maximum absolute atomic E-state index is 12.5. The molecular formula is C17H19ClN2O4S. The van der Waals surface area contributed by atoms with Gasteiger partial charge in [0.05, 0.1) is 6.61 Å². The Balaban J connectivity index is 2.38. The summed E-state index contributed by atoms with van der Waals surface area (Å²) < 4.78 is 31.5. The lowest BCUT2D eigenvalue weighted by Gasteiger charge is -2.16. The molecule has 0 bridgehead atoms. The van der Waals surface area contributed by atoms with Crippen molar-refractivity contribution in [2.24, 2.45) is 0 Å². The Morgan fingerprint density at radius 2 is 1.92 bits per heavy atom. The van der Waals surface area contributed by atoms with Crippen LogP contribution < -0.4 is 10.1 Å². The first-order valence-electron chi connectivity index (χ1n) is 7.52. The number of hydrogen-bond acceptors (Lipinski definition) is 4. The Morgan fingerprint density at radius 1 is 1.20 bits per heavy atom. The first-order valence-corrected chi connectivity index (χ1v) is 9.33. The van der Waals surface area contributed by atoms with Crippen LogP contribution in [0, 0.1) is 0 Å². The van der Waals surface area contributed by atoms with Crippen molar-refractivity contribution in [3.05, 3.63) is 53.1 Å². The molecule has 0 aliphatic rings. The SMILES string of the molecule is CCOc1ccc(NC(=O)c2cccc(Cl)c2)cc1S(=O)(=O)N(C)C. The van der Waals surface area contributed by atoms with Crippen molar-refractivity contribution in [1.29, 1.82) is 0 Å². The van der Waals surface area contributed by atoms with Crippen molar-refractivity contribution in [3.8, 4) is 5.75 Å². The molecule has 1 N–H and O–H groups in total. The molecule has 2 aromatic carbocycles. The predicted octanol–water partition coefficient (Wildman–Crippen LogP) is 3.24. The highest BCUT2D eigenvalue weighted by Gasteiger charge is 2.23. The van der Waals surface area contributed by atoms with Crippen LogP contribution in [0.4, 0.5) is 5.69 Å². The van der Waals surface area contributed by atoms with E-state index in [2.05, 4.69) is 5.32 Å². The molecule has 0 unspecified atom stereocenters. The van der Waals surface area contributed by atoms with Crippen LogP contribution >= 0.6 is 11.6 Å². The molecule has 25 heavy (non-hydrogen) atoms. The number of ether oxygens (including phenoxy) is 1. The summed E-state index contributed by atoms with van der Waals surface area (Å²) in [4.78, 5) is 12.3. The highest BCUT2D eigenvalue weighted by Crippen LogP contribution is 2.29. The van der Waals surface area contributed by atoms with Gasteiger partial charge in [-0.1, -0.05) is 17.7 Å². The molecule has 0 aromatic heterocycles. The predicted molar refractivity (Wildman–Crippen MR) is 97.9 cm³/mol. The van der Waals surface area contributed by atoms with Crippen molar-refractivity contribution in [1.82, 2.24) is 4.31 Å². The molecule has 1 amide bonds. The van der Waals surface area contributed by atoms with Gasteiger partial charge in [-0.2, -0.15) is 0 Å². The van der Waals surface area contributed by atoms with Crippen LogP contribution in [-0.2, 0) is 10.0 Å². The fourth-order valence-corrected chi connectivity index (χ4v) is 3.33. The number of benzene rings is 2. The van der Waals surface area contributed by atoms with Gasteiger partial charge in [0.1, 0.15) is 10.6 Å². The molecule has 0 saturated heterocycles. The van der Waals surface area contributed by atoms with Crippen LogP contribution in [0.1, 0.15) is 17.3 Å². The Hall–Kier alpha value is -2.09. The van der Waals surface area contributed by atoms with E-state index in [1.807, 2.05) is 0 Å². The van der Waals surface area contributed by atoms with Crippen LogP contribution in [0.2, 0.25) is 5.02 Å². The molecule has 0 aliphatic heterocycles. The van der Waals surface area contributed by atoms with Gasteiger partial charge in [0.15, 0.2) is 0 Å². The van der Waals surface area contributed by atoms with E-state index >= 15 is 0 Å². The summed E-state index contributed by atoms with van der Waals surface area (Å²) in [5.74, 6) is -0.156. The second-order valence-corrected chi connectivity index (χ2v) is 7.90. The number of hydrogen-bond donors (Lipinski definition) is 1. The lowest BCUT2D eigenvalue weighted by molar-refractivity contribution is 0.102. The number of nitrogens with one attached hydrogen (secondary N) is 1. The molecule has 0 radical (unpaired) electrons. The highest BCUT2D eigenvalue weighted by molar-refractivity contribution is 7.89. The third kappa shape index (κ3) is 4.50. The largest absolute Gasteiger partial charge is 0.492 e. The smallest absolute Gasteiger partial charge is 0.255 e. The van der Waals surface area contributed by atoms with Crippen LogP contribution in [0.5, 0.6) is 5.75 Å². The van der Waals surface area contributed by atoms with Crippen molar-refractivity contribution in [3.63, 3.8) is 0 Å². The fraction of sp³-hybridized carbons (Fsp3) is 0.235. The average molecular weight is 383 g/mol. The number of halogens is 1. The molecule has 0 saturated carbocycles. The van der Waals surface area contributed by atoms with Gasteiger partial charge in [-0.25, -0.2) is 12.7 Å². The number of anilines is 1. The molecule has 8 heteroatoms. The van der Waals surface area contributed by atoms with E-state index in [4.69, 9.17) is 16.3 Å². The van der Waals surface area contributed by atoms with Gasteiger partial charge in [-0.05, 0) is 43.3 Å². The standard InChI is InChI=1S/C17H19ClN2O4S/c1-4-24-15-9-8-14(11-16(15)25(22,23)20(2)3)19-17(21)12-6-5-7-13(18)10-12/h5-11H,4H2,1-3H3,(H,19,21). The van der Waals surface area contributed by atoms with Gasteiger partial charge in [-0.15, -0.1) is 0 Å². The van der Waals surface area contributed by atoms with E-state index in [0.717, 1.165) is 4.31 Å². The molecule has 2 aromatic rings. The summed E-state index contributed by atoms with van der Waals surface area (Å²) >= 11 is 5.89. The molecule has 0 heterocycles. The van der Waals surface area contributed by atoms with Gasteiger partial charge in [0.25, 0.3) is 5.91 Å². The molecule has 2 rings (SSSR count). The first kappa shape index (κ1) is 19.2. The van der Waals surface area contributed by atoms with Crippen LogP contribution in [-0.4, -0.2) is 39.3 Å². The van der Waals surface area contributed by atoms with E-state index in [-0.39, 0.29) is 16.6 Å². The van der Waals surface area contributed by atoms with Crippen LogP contribution in [0.15, 0.2) is 47.4 Å². The lowest BCUT2D eigenvalue weighted by atomic mass is 10.2. The minimum absolute atomic E-state index is 0.0109. The zero-order chi connectivity index (χ0) is 18.6. The van der Waals surface area contributed by atoms with Gasteiger partial charge in [0.2, 0.25) is 10.0 Å². The van der Waals surface area contributed by atoms with Gasteiger partial charge >= 0.3 is 0 Å². The lowest BCUT2D eigenvalue weighted by Crippen LogP contribution is -2.23. The minimum atomic E-state index is -3.72. The summed E-state index contributed by atoms with van der Waals surface area (Å²) in [6.07, 6.45) is 0. The molecule has 0 spiro atoms. The van der Waals surface area contributed by atoms with E-state index in [9.17, 15) is 13.2 Å². The number of amides is 1. The Bertz CT molecular complexity index is 882. The van der Waals surface area contributed by atoms with E-state index in [0.29, 0.717) is 22.9 Å². The van der Waals surface area contributed by atoms with Crippen LogP contribution in [0.25, 0.3) is 0 Å². The topological polar surface area (TPSA) is 75.7 Å². The zero-order valence-electron chi connectivity index (χ0n) is 14.1. The maximum Gasteiger partial charge on any atom is 0.255 e. The van der Waals surface area contributed by atoms with E-state index < -0.39 is 10.0 Å². The van der Waals surface area contributed by atoms with E-state index in [1.165, 1.54) is 32.3 Å². The second kappa shape index (κ2) is 7.86. The molecule has 0 fully saturated rings. The minimum Gasteiger partial charge on any atom is -0.492 e. The maximum atomic E-state index is 12.5. The van der Waals surface area contributed by atoms with Gasteiger partial charge < -0.3 is 10.1 Å². The summed E-state index contributed by atoms with van der Waals surface area (Å²) in [7, 11) is -0.858. The number of sulfonamides is 1. The van der Waals surface area contributed by atoms with Crippen LogP contribution in [0.3, 0.4) is 0 Å². The number of carbonyl (C=O) groups excluding carboxylic acids is 1. The quantitative estimate of drug-likeness (QED) is 0.832. The second-order valence-electron chi connectivity index (χ2n) is 5.35. The Morgan fingerprint density at radius 3 is 2.52 bits per heavy atom. The molecule has 6 nitrogen and oxygen atoms in total. The third-order valence-corrected chi connectivity index (χ3v) is 5.42. The number of rotatable bonds is 6. The number of carbonyl (C=O) groups is 1. The average Bonchev–Trinajstić information content (AvgIpc) is 2.56. The van der Waals surface area contributed by atoms with Crippen molar-refractivity contribution >= 4 is 33.2 Å². The molecule has 0 aliphatic carbocycles. The van der Waals surface area contributed by atoms with E-state index in [1.54, 1.807) is 31.2 Å². The Kier molecular flexibility index (Phi) is 6.05. The van der Waals surface area contributed by atoms with Crippen molar-refractivity contribution in [2.45, 2.75) is 11.8 Å². The van der Waals surface area contributed by atoms with Crippen molar-refractivity contribution in [2.75, 3.05) is 26.0 Å². The highest BCUT2D eigenvalue weighted by atomic mass is 35.5. The summed E-state index contributed by atoms with van der Waals surface area (Å²) in [6.45, 7) is 2.09. The first-order chi connectivity index (χ1) is 11.8. The molecule has 134 valence electrons. The normalized spacial score (nSPS) is 11.4. The third-order valence-electron chi connectivity index (χ3n) is 3.35. The fourth-order valence-electron chi connectivity index (χ4n) is 2.09.